The Morgan fingerprint density at radius 3 is 2.86 bits per heavy atom. The SMILES string of the molecule is O=C(O)[C@H]1C[C@@H]2c3ccccc3N[C@@H]2[C@@H](c2cccs2)N1. The average Bonchev–Trinajstić information content (AvgIpc) is 3.13. The van der Waals surface area contributed by atoms with Gasteiger partial charge in [0, 0.05) is 16.5 Å². The molecule has 4 atom stereocenters. The van der Waals surface area contributed by atoms with Crippen LogP contribution in [-0.2, 0) is 4.79 Å². The van der Waals surface area contributed by atoms with Crippen molar-refractivity contribution in [3.05, 3.63) is 52.2 Å². The molecular formula is C16H16N2O2S. The molecule has 21 heavy (non-hydrogen) atoms. The van der Waals surface area contributed by atoms with E-state index in [0.29, 0.717) is 6.42 Å². The summed E-state index contributed by atoms with van der Waals surface area (Å²) in [5.74, 6) is -0.518. The minimum Gasteiger partial charge on any atom is -0.480 e. The fourth-order valence-electron chi connectivity index (χ4n) is 3.56. The fourth-order valence-corrected chi connectivity index (χ4v) is 4.39. The van der Waals surface area contributed by atoms with E-state index in [1.807, 2.05) is 23.6 Å². The maximum atomic E-state index is 11.5. The molecule has 4 nitrogen and oxygen atoms in total. The van der Waals surface area contributed by atoms with E-state index in [1.54, 1.807) is 11.3 Å². The quantitative estimate of drug-likeness (QED) is 0.798. The van der Waals surface area contributed by atoms with Crippen molar-refractivity contribution in [1.82, 2.24) is 5.32 Å². The van der Waals surface area contributed by atoms with Gasteiger partial charge in [-0.05, 0) is 29.5 Å². The van der Waals surface area contributed by atoms with E-state index in [9.17, 15) is 9.90 Å². The van der Waals surface area contributed by atoms with Crippen molar-refractivity contribution in [2.24, 2.45) is 0 Å². The van der Waals surface area contributed by atoms with Crippen molar-refractivity contribution >= 4 is 23.0 Å². The summed E-state index contributed by atoms with van der Waals surface area (Å²) in [4.78, 5) is 12.7. The number of para-hydroxylation sites is 1. The first kappa shape index (κ1) is 12.9. The molecule has 0 amide bonds. The van der Waals surface area contributed by atoms with Gasteiger partial charge in [0.25, 0.3) is 0 Å². The zero-order chi connectivity index (χ0) is 14.4. The lowest BCUT2D eigenvalue weighted by Crippen LogP contribution is -2.51. The van der Waals surface area contributed by atoms with Gasteiger partial charge >= 0.3 is 5.97 Å². The van der Waals surface area contributed by atoms with Crippen LogP contribution in [0.4, 0.5) is 5.69 Å². The van der Waals surface area contributed by atoms with E-state index in [1.165, 1.54) is 10.4 Å². The molecule has 0 bridgehead atoms. The molecule has 0 saturated carbocycles. The molecular weight excluding hydrogens is 284 g/mol. The highest BCUT2D eigenvalue weighted by Gasteiger charge is 2.45. The lowest BCUT2D eigenvalue weighted by Gasteiger charge is -2.38. The van der Waals surface area contributed by atoms with E-state index in [2.05, 4.69) is 28.8 Å². The number of aliphatic carboxylic acids is 1. The molecule has 1 fully saturated rings. The number of thiophene rings is 1. The van der Waals surface area contributed by atoms with Gasteiger partial charge < -0.3 is 10.4 Å². The van der Waals surface area contributed by atoms with Crippen LogP contribution in [0.5, 0.6) is 0 Å². The van der Waals surface area contributed by atoms with Crippen molar-refractivity contribution in [3.63, 3.8) is 0 Å². The summed E-state index contributed by atoms with van der Waals surface area (Å²) < 4.78 is 0. The Bertz CT molecular complexity index is 663. The maximum absolute atomic E-state index is 11.5. The molecule has 2 aliphatic rings. The Hall–Kier alpha value is -1.85. The topological polar surface area (TPSA) is 61.4 Å². The van der Waals surface area contributed by atoms with Crippen molar-refractivity contribution in [2.45, 2.75) is 30.5 Å². The predicted molar refractivity (Wildman–Crippen MR) is 82.8 cm³/mol. The lowest BCUT2D eigenvalue weighted by atomic mass is 9.81. The Labute approximate surface area is 126 Å². The van der Waals surface area contributed by atoms with Crippen molar-refractivity contribution < 1.29 is 9.90 Å². The molecule has 0 spiro atoms. The van der Waals surface area contributed by atoms with Crippen molar-refractivity contribution in [2.75, 3.05) is 5.32 Å². The highest BCUT2D eigenvalue weighted by atomic mass is 32.1. The summed E-state index contributed by atoms with van der Waals surface area (Å²) in [6, 6.07) is 12.1. The second kappa shape index (κ2) is 4.86. The summed E-state index contributed by atoms with van der Waals surface area (Å²) in [5, 5.41) is 18.4. The normalized spacial score (nSPS) is 30.3. The second-order valence-corrected chi connectivity index (χ2v) is 6.63. The Kier molecular flexibility index (Phi) is 2.97. The van der Waals surface area contributed by atoms with E-state index < -0.39 is 12.0 Å². The van der Waals surface area contributed by atoms with Crippen LogP contribution in [0.3, 0.4) is 0 Å². The molecule has 4 rings (SSSR count). The molecule has 1 aromatic heterocycles. The van der Waals surface area contributed by atoms with Crippen LogP contribution in [0, 0.1) is 0 Å². The number of rotatable bonds is 2. The monoisotopic (exact) mass is 300 g/mol. The third-order valence-electron chi connectivity index (χ3n) is 4.49. The van der Waals surface area contributed by atoms with Gasteiger partial charge in [0.2, 0.25) is 0 Å². The third-order valence-corrected chi connectivity index (χ3v) is 5.45. The number of carboxylic acids is 1. The van der Waals surface area contributed by atoms with Gasteiger partial charge in [-0.15, -0.1) is 11.3 Å². The summed E-state index contributed by atoms with van der Waals surface area (Å²) in [6.07, 6.45) is 0.631. The molecule has 5 heteroatoms. The van der Waals surface area contributed by atoms with E-state index >= 15 is 0 Å². The van der Waals surface area contributed by atoms with Gasteiger partial charge in [0.05, 0.1) is 12.1 Å². The molecule has 0 radical (unpaired) electrons. The zero-order valence-electron chi connectivity index (χ0n) is 11.3. The molecule has 1 saturated heterocycles. The summed E-state index contributed by atoms with van der Waals surface area (Å²) >= 11 is 1.68. The predicted octanol–water partition coefficient (Wildman–Crippen LogP) is 2.81. The summed E-state index contributed by atoms with van der Waals surface area (Å²) in [5.41, 5.74) is 2.39. The standard InChI is InChI=1S/C16H16N2O2S/c19-16(20)12-8-10-9-4-1-2-5-11(9)17-14(10)15(18-12)13-6-3-7-21-13/h1-7,10,12,14-15,17-18H,8H2,(H,19,20)/t10-,12-,14+,15-/m1/s1. The largest absolute Gasteiger partial charge is 0.480 e. The van der Waals surface area contributed by atoms with Gasteiger partial charge in [-0.2, -0.15) is 0 Å². The molecule has 2 aromatic rings. The van der Waals surface area contributed by atoms with E-state index in [0.717, 1.165) is 5.69 Å². The van der Waals surface area contributed by atoms with Crippen LogP contribution in [0.1, 0.15) is 28.8 Å². The number of piperidine rings is 1. The Balaban J connectivity index is 1.75. The maximum Gasteiger partial charge on any atom is 0.320 e. The lowest BCUT2D eigenvalue weighted by molar-refractivity contribution is -0.140. The molecule has 3 N–H and O–H groups in total. The zero-order valence-corrected chi connectivity index (χ0v) is 12.1. The number of hydrogen-bond donors (Lipinski definition) is 3. The first-order valence-corrected chi connectivity index (χ1v) is 8.00. The molecule has 3 heterocycles. The number of anilines is 1. The number of carbonyl (C=O) groups is 1. The number of carboxylic acid groups (broad SMARTS) is 1. The van der Waals surface area contributed by atoms with Gasteiger partial charge in [0.1, 0.15) is 6.04 Å². The van der Waals surface area contributed by atoms with Crippen LogP contribution in [0.25, 0.3) is 0 Å². The van der Waals surface area contributed by atoms with E-state index in [4.69, 9.17) is 0 Å². The first-order chi connectivity index (χ1) is 10.2. The molecule has 0 unspecified atom stereocenters. The highest BCUT2D eigenvalue weighted by molar-refractivity contribution is 7.10. The molecule has 108 valence electrons. The van der Waals surface area contributed by atoms with Gasteiger partial charge in [-0.25, -0.2) is 0 Å². The third kappa shape index (κ3) is 2.04. The van der Waals surface area contributed by atoms with Crippen molar-refractivity contribution in [1.29, 1.82) is 0 Å². The van der Waals surface area contributed by atoms with Crippen LogP contribution < -0.4 is 10.6 Å². The number of nitrogens with one attached hydrogen (secondary N) is 2. The Morgan fingerprint density at radius 1 is 1.24 bits per heavy atom. The van der Waals surface area contributed by atoms with Crippen molar-refractivity contribution in [3.8, 4) is 0 Å². The van der Waals surface area contributed by atoms with Gasteiger partial charge in [-0.1, -0.05) is 24.3 Å². The van der Waals surface area contributed by atoms with Gasteiger partial charge in [-0.3, -0.25) is 10.1 Å². The van der Waals surface area contributed by atoms with Crippen LogP contribution >= 0.6 is 11.3 Å². The summed E-state index contributed by atoms with van der Waals surface area (Å²) in [6.45, 7) is 0. The van der Waals surface area contributed by atoms with Gasteiger partial charge in [0.15, 0.2) is 0 Å². The minimum atomic E-state index is -0.764. The smallest absolute Gasteiger partial charge is 0.320 e. The van der Waals surface area contributed by atoms with E-state index in [-0.39, 0.29) is 18.0 Å². The highest BCUT2D eigenvalue weighted by Crippen LogP contribution is 2.46. The Morgan fingerprint density at radius 2 is 2.10 bits per heavy atom. The van der Waals surface area contributed by atoms with Crippen LogP contribution in [0.2, 0.25) is 0 Å². The average molecular weight is 300 g/mol. The fraction of sp³-hybridized carbons (Fsp3) is 0.312. The van der Waals surface area contributed by atoms with Crippen LogP contribution in [0.15, 0.2) is 41.8 Å². The number of fused-ring (bicyclic) bond motifs is 3. The second-order valence-electron chi connectivity index (χ2n) is 5.65. The first-order valence-electron chi connectivity index (χ1n) is 7.12. The molecule has 1 aromatic carbocycles. The number of hydrogen-bond acceptors (Lipinski definition) is 4. The molecule has 2 aliphatic heterocycles. The van der Waals surface area contributed by atoms with Crippen LogP contribution in [-0.4, -0.2) is 23.2 Å². The molecule has 0 aliphatic carbocycles. The minimum absolute atomic E-state index is 0.0391. The summed E-state index contributed by atoms with van der Waals surface area (Å²) in [7, 11) is 0. The number of benzene rings is 1.